The van der Waals surface area contributed by atoms with E-state index in [-0.39, 0.29) is 10.5 Å². The molecule has 128 valence electrons. The molecule has 0 bridgehead atoms. The number of carbonyl (C=O) groups is 1. The topological polar surface area (TPSA) is 63.7 Å². The van der Waals surface area contributed by atoms with Gasteiger partial charge < -0.3 is 4.74 Å². The second-order valence-electron chi connectivity index (χ2n) is 5.32. The third kappa shape index (κ3) is 4.03. The van der Waals surface area contributed by atoms with Gasteiger partial charge in [-0.05, 0) is 58.2 Å². The van der Waals surface area contributed by atoms with Crippen molar-refractivity contribution in [2.75, 3.05) is 14.1 Å². The lowest BCUT2D eigenvalue weighted by molar-refractivity contribution is 0.0734. The minimum atomic E-state index is -3.67. The van der Waals surface area contributed by atoms with Crippen LogP contribution >= 0.6 is 15.9 Å². The van der Waals surface area contributed by atoms with E-state index >= 15 is 0 Å². The summed E-state index contributed by atoms with van der Waals surface area (Å²) in [6.45, 7) is 2.04. The highest BCUT2D eigenvalue weighted by Crippen LogP contribution is 2.26. The van der Waals surface area contributed by atoms with Crippen LogP contribution < -0.4 is 4.74 Å². The summed E-state index contributed by atoms with van der Waals surface area (Å²) >= 11 is 3.21. The van der Waals surface area contributed by atoms with Gasteiger partial charge in [0.25, 0.3) is 0 Å². The normalized spacial score (nSPS) is 11.5. The largest absolute Gasteiger partial charge is 0.423 e. The number of hydrogen-bond donors (Lipinski definition) is 0. The fourth-order valence-corrected chi connectivity index (χ4v) is 3.83. The van der Waals surface area contributed by atoms with Crippen LogP contribution in [0.15, 0.2) is 51.8 Å². The first-order chi connectivity index (χ1) is 11.3. The van der Waals surface area contributed by atoms with Crippen LogP contribution in [0.4, 0.5) is 0 Å². The summed E-state index contributed by atoms with van der Waals surface area (Å²) < 4.78 is 31.4. The molecule has 0 aliphatic rings. The smallest absolute Gasteiger partial charge is 0.343 e. The maximum atomic E-state index is 12.3. The van der Waals surface area contributed by atoms with Gasteiger partial charge in [-0.3, -0.25) is 0 Å². The summed E-state index contributed by atoms with van der Waals surface area (Å²) in [6.07, 6.45) is 0.896. The van der Waals surface area contributed by atoms with Gasteiger partial charge >= 0.3 is 5.97 Å². The lowest BCUT2D eigenvalue weighted by atomic mass is 10.2. The number of hydrogen-bond acceptors (Lipinski definition) is 4. The fraction of sp³-hybridized carbons (Fsp3) is 0.235. The van der Waals surface area contributed by atoms with Gasteiger partial charge in [0.05, 0.1) is 10.5 Å². The molecule has 24 heavy (non-hydrogen) atoms. The minimum Gasteiger partial charge on any atom is -0.423 e. The van der Waals surface area contributed by atoms with Crippen LogP contribution in [0.2, 0.25) is 0 Å². The summed E-state index contributed by atoms with van der Waals surface area (Å²) in [5.41, 5.74) is 1.30. The lowest BCUT2D eigenvalue weighted by Gasteiger charge is -2.14. The Balaban J connectivity index is 2.30. The number of benzene rings is 2. The molecule has 5 nitrogen and oxygen atoms in total. The second-order valence-corrected chi connectivity index (χ2v) is 8.29. The van der Waals surface area contributed by atoms with Crippen LogP contribution in [0, 0.1) is 0 Å². The molecule has 0 N–H and O–H groups in total. The molecular formula is C17H18BrNO4S. The number of halogens is 1. The highest BCUT2D eigenvalue weighted by Gasteiger charge is 2.22. The average Bonchev–Trinajstić information content (AvgIpc) is 2.55. The molecule has 0 aromatic heterocycles. The Morgan fingerprint density at radius 1 is 1.12 bits per heavy atom. The van der Waals surface area contributed by atoms with E-state index in [1.54, 1.807) is 12.1 Å². The van der Waals surface area contributed by atoms with Crippen molar-refractivity contribution in [1.29, 1.82) is 0 Å². The number of carbonyl (C=O) groups excluding carboxylic acids is 1. The molecule has 0 radical (unpaired) electrons. The summed E-state index contributed by atoms with van der Waals surface area (Å²) in [5.74, 6) is -0.195. The molecule has 0 amide bonds. The van der Waals surface area contributed by atoms with Crippen molar-refractivity contribution in [1.82, 2.24) is 4.31 Å². The van der Waals surface area contributed by atoms with E-state index in [0.29, 0.717) is 10.2 Å². The highest BCUT2D eigenvalue weighted by molar-refractivity contribution is 9.10. The molecule has 0 aliphatic carbocycles. The maximum absolute atomic E-state index is 12.3. The molecule has 0 heterocycles. The van der Waals surface area contributed by atoms with Crippen LogP contribution in [-0.4, -0.2) is 32.8 Å². The van der Waals surface area contributed by atoms with Crippen LogP contribution in [-0.2, 0) is 16.4 Å². The summed E-state index contributed by atoms with van der Waals surface area (Å²) in [7, 11) is -0.802. The Labute approximate surface area is 150 Å². The molecule has 7 heteroatoms. The van der Waals surface area contributed by atoms with Crippen LogP contribution in [0.25, 0.3) is 0 Å². The molecule has 0 saturated carbocycles. The van der Waals surface area contributed by atoms with E-state index < -0.39 is 16.0 Å². The molecule has 0 unspecified atom stereocenters. The first kappa shape index (κ1) is 18.6. The third-order valence-electron chi connectivity index (χ3n) is 3.47. The van der Waals surface area contributed by atoms with Crippen molar-refractivity contribution < 1.29 is 17.9 Å². The van der Waals surface area contributed by atoms with Crippen molar-refractivity contribution in [3.63, 3.8) is 0 Å². The number of sulfonamides is 1. The van der Waals surface area contributed by atoms with Gasteiger partial charge in [-0.2, -0.15) is 0 Å². The Hall–Kier alpha value is -1.70. The molecule has 0 spiro atoms. The van der Waals surface area contributed by atoms with E-state index in [1.807, 2.05) is 19.1 Å². The van der Waals surface area contributed by atoms with E-state index in [9.17, 15) is 13.2 Å². The van der Waals surface area contributed by atoms with Crippen LogP contribution in [0.3, 0.4) is 0 Å². The number of esters is 1. The molecule has 0 aliphatic heterocycles. The lowest BCUT2D eigenvalue weighted by Crippen LogP contribution is -2.23. The number of aryl methyl sites for hydroxylation is 1. The number of rotatable bonds is 5. The number of ether oxygens (including phenoxy) is 1. The maximum Gasteiger partial charge on any atom is 0.343 e. The molecule has 2 aromatic carbocycles. The van der Waals surface area contributed by atoms with E-state index in [4.69, 9.17) is 4.74 Å². The molecular weight excluding hydrogens is 394 g/mol. The molecule has 0 fully saturated rings. The predicted molar refractivity (Wildman–Crippen MR) is 95.8 cm³/mol. The SMILES string of the molecule is CCc1ccc(OC(=O)c2ccc(Br)c(S(=O)(=O)N(C)C)c2)cc1. The van der Waals surface area contributed by atoms with Crippen molar-refractivity contribution in [2.45, 2.75) is 18.2 Å². The van der Waals surface area contributed by atoms with Crippen LogP contribution in [0.1, 0.15) is 22.8 Å². The average molecular weight is 412 g/mol. The molecule has 2 rings (SSSR count). The summed E-state index contributed by atoms with van der Waals surface area (Å²) in [5, 5.41) is 0. The van der Waals surface area contributed by atoms with Gasteiger partial charge in [-0.1, -0.05) is 19.1 Å². The Bertz CT molecular complexity index is 845. The predicted octanol–water partition coefficient (Wildman–Crippen LogP) is 3.48. The fourth-order valence-electron chi connectivity index (χ4n) is 1.98. The Kier molecular flexibility index (Phi) is 5.79. The third-order valence-corrected chi connectivity index (χ3v) is 6.28. The summed E-state index contributed by atoms with van der Waals surface area (Å²) in [6, 6.07) is 11.5. The van der Waals surface area contributed by atoms with Crippen molar-refractivity contribution >= 4 is 31.9 Å². The van der Waals surface area contributed by atoms with Crippen molar-refractivity contribution in [2.24, 2.45) is 0 Å². The van der Waals surface area contributed by atoms with Gasteiger partial charge in [0.1, 0.15) is 5.75 Å². The van der Waals surface area contributed by atoms with Crippen LogP contribution in [0.5, 0.6) is 5.75 Å². The Morgan fingerprint density at radius 3 is 2.29 bits per heavy atom. The van der Waals surface area contributed by atoms with E-state index in [1.165, 1.54) is 32.3 Å². The zero-order valence-corrected chi connectivity index (χ0v) is 16.0. The van der Waals surface area contributed by atoms with E-state index in [0.717, 1.165) is 16.3 Å². The number of nitrogens with zero attached hydrogens (tertiary/aromatic N) is 1. The first-order valence-corrected chi connectivity index (χ1v) is 9.52. The van der Waals surface area contributed by atoms with E-state index in [2.05, 4.69) is 15.9 Å². The van der Waals surface area contributed by atoms with Gasteiger partial charge in [-0.25, -0.2) is 17.5 Å². The molecule has 0 atom stereocenters. The monoisotopic (exact) mass is 411 g/mol. The zero-order chi connectivity index (χ0) is 17.9. The second kappa shape index (κ2) is 7.46. The first-order valence-electron chi connectivity index (χ1n) is 7.29. The summed E-state index contributed by atoms with van der Waals surface area (Å²) in [4.78, 5) is 12.3. The van der Waals surface area contributed by atoms with Gasteiger partial charge in [0.2, 0.25) is 10.0 Å². The molecule has 2 aromatic rings. The van der Waals surface area contributed by atoms with Gasteiger partial charge in [0.15, 0.2) is 0 Å². The quantitative estimate of drug-likeness (QED) is 0.557. The van der Waals surface area contributed by atoms with Gasteiger partial charge in [0, 0.05) is 18.6 Å². The molecule has 0 saturated heterocycles. The van der Waals surface area contributed by atoms with Gasteiger partial charge in [-0.15, -0.1) is 0 Å². The standard InChI is InChI=1S/C17H18BrNO4S/c1-4-12-5-8-14(9-6-12)23-17(20)13-7-10-15(18)16(11-13)24(21,22)19(2)3/h5-11H,4H2,1-3H3. The Morgan fingerprint density at radius 2 is 1.75 bits per heavy atom. The minimum absolute atomic E-state index is 0.0169. The zero-order valence-electron chi connectivity index (χ0n) is 13.6. The van der Waals surface area contributed by atoms with Crippen molar-refractivity contribution in [3.8, 4) is 5.75 Å². The highest BCUT2D eigenvalue weighted by atomic mass is 79.9. The van der Waals surface area contributed by atoms with Crippen molar-refractivity contribution in [3.05, 3.63) is 58.1 Å².